The summed E-state index contributed by atoms with van der Waals surface area (Å²) in [5.74, 6) is 0.0545. The Morgan fingerprint density at radius 3 is 2.41 bits per heavy atom. The van der Waals surface area contributed by atoms with Crippen molar-refractivity contribution in [3.8, 4) is 17.0 Å². The van der Waals surface area contributed by atoms with Crippen molar-refractivity contribution < 1.29 is 22.7 Å². The standard InChI is InChI=1S/C16H14F3NO2/c1-9-6-11(10(2)21)7-15(20-9)13-8-12(22-3)4-5-14(13)16(17,18)19/h4-8H,1-3H3. The van der Waals surface area contributed by atoms with E-state index in [1.807, 2.05) is 0 Å². The minimum Gasteiger partial charge on any atom is -0.497 e. The highest BCUT2D eigenvalue weighted by Crippen LogP contribution is 2.38. The Morgan fingerprint density at radius 2 is 1.86 bits per heavy atom. The molecule has 0 saturated carbocycles. The van der Waals surface area contributed by atoms with Crippen LogP contribution in [0.1, 0.15) is 28.5 Å². The number of halogens is 3. The first-order valence-corrected chi connectivity index (χ1v) is 6.47. The zero-order valence-corrected chi connectivity index (χ0v) is 12.3. The van der Waals surface area contributed by atoms with Crippen molar-refractivity contribution in [3.63, 3.8) is 0 Å². The van der Waals surface area contributed by atoms with Crippen LogP contribution in [0.3, 0.4) is 0 Å². The number of benzene rings is 1. The average Bonchev–Trinajstić information content (AvgIpc) is 2.44. The molecule has 0 aliphatic rings. The van der Waals surface area contributed by atoms with Crippen LogP contribution in [0, 0.1) is 6.92 Å². The fraction of sp³-hybridized carbons (Fsp3) is 0.250. The van der Waals surface area contributed by atoms with E-state index in [0.717, 1.165) is 6.07 Å². The second-order valence-electron chi connectivity index (χ2n) is 4.85. The van der Waals surface area contributed by atoms with Crippen molar-refractivity contribution in [2.45, 2.75) is 20.0 Å². The third-order valence-electron chi connectivity index (χ3n) is 3.17. The summed E-state index contributed by atoms with van der Waals surface area (Å²) in [7, 11) is 1.37. The maximum Gasteiger partial charge on any atom is 0.417 e. The molecule has 0 atom stereocenters. The van der Waals surface area contributed by atoms with Crippen molar-refractivity contribution >= 4 is 5.78 Å². The summed E-state index contributed by atoms with van der Waals surface area (Å²) in [5, 5.41) is 0. The third-order valence-corrected chi connectivity index (χ3v) is 3.17. The topological polar surface area (TPSA) is 39.2 Å². The van der Waals surface area contributed by atoms with Gasteiger partial charge < -0.3 is 4.74 Å². The molecule has 0 spiro atoms. The molecule has 0 radical (unpaired) electrons. The van der Waals surface area contributed by atoms with E-state index in [2.05, 4.69) is 4.98 Å². The van der Waals surface area contributed by atoms with Gasteiger partial charge in [-0.3, -0.25) is 9.78 Å². The Balaban J connectivity index is 2.72. The van der Waals surface area contributed by atoms with Crippen molar-refractivity contribution in [3.05, 3.63) is 47.2 Å². The van der Waals surface area contributed by atoms with Gasteiger partial charge in [0.2, 0.25) is 0 Å². The maximum atomic E-state index is 13.2. The predicted octanol–water partition coefficient (Wildman–Crippen LogP) is 4.29. The van der Waals surface area contributed by atoms with Crippen molar-refractivity contribution in [2.24, 2.45) is 0 Å². The lowest BCUT2D eigenvalue weighted by Gasteiger charge is -2.14. The molecule has 0 aliphatic heterocycles. The molecule has 6 heteroatoms. The van der Waals surface area contributed by atoms with Gasteiger partial charge in [-0.1, -0.05) is 0 Å². The van der Waals surface area contributed by atoms with Gasteiger partial charge >= 0.3 is 6.18 Å². The van der Waals surface area contributed by atoms with Gasteiger partial charge in [0.15, 0.2) is 5.78 Å². The number of hydrogen-bond acceptors (Lipinski definition) is 3. The molecule has 2 aromatic rings. The Bertz CT molecular complexity index is 724. The molecule has 1 aromatic heterocycles. The lowest BCUT2D eigenvalue weighted by atomic mass is 10.0. The quantitative estimate of drug-likeness (QED) is 0.794. The Morgan fingerprint density at radius 1 is 1.18 bits per heavy atom. The van der Waals surface area contributed by atoms with Crippen LogP contribution < -0.4 is 4.74 Å². The summed E-state index contributed by atoms with van der Waals surface area (Å²) in [6.45, 7) is 2.98. The van der Waals surface area contributed by atoms with Crippen molar-refractivity contribution in [2.75, 3.05) is 7.11 Å². The molecule has 0 unspecified atom stereocenters. The van der Waals surface area contributed by atoms with E-state index in [-0.39, 0.29) is 22.8 Å². The minimum absolute atomic E-state index is 0.0939. The number of Topliss-reactive ketones (excluding diaryl/α,β-unsaturated/α-hetero) is 1. The van der Waals surface area contributed by atoms with E-state index in [1.165, 1.54) is 32.2 Å². The zero-order valence-electron chi connectivity index (χ0n) is 12.3. The summed E-state index contributed by atoms with van der Waals surface area (Å²) in [4.78, 5) is 15.6. The molecule has 3 nitrogen and oxygen atoms in total. The van der Waals surface area contributed by atoms with Gasteiger partial charge in [-0.25, -0.2) is 0 Å². The molecule has 1 aromatic carbocycles. The Hall–Kier alpha value is -2.37. The van der Waals surface area contributed by atoms with Crippen molar-refractivity contribution in [1.29, 1.82) is 0 Å². The van der Waals surface area contributed by atoms with Gasteiger partial charge in [0.05, 0.1) is 18.4 Å². The van der Waals surface area contributed by atoms with Crippen LogP contribution in [0.5, 0.6) is 5.75 Å². The van der Waals surface area contributed by atoms with Gasteiger partial charge in [0.1, 0.15) is 5.75 Å². The van der Waals surface area contributed by atoms with Gasteiger partial charge in [0.25, 0.3) is 0 Å². The van der Waals surface area contributed by atoms with Crippen LogP contribution in [0.15, 0.2) is 30.3 Å². The smallest absolute Gasteiger partial charge is 0.417 e. The monoisotopic (exact) mass is 309 g/mol. The number of carbonyl (C=O) groups is 1. The van der Waals surface area contributed by atoms with Crippen LogP contribution in [-0.4, -0.2) is 17.9 Å². The highest BCUT2D eigenvalue weighted by atomic mass is 19.4. The molecule has 116 valence electrons. The summed E-state index contributed by atoms with van der Waals surface area (Å²) in [5.41, 5.74) is -0.0486. The van der Waals surface area contributed by atoms with Gasteiger partial charge in [-0.15, -0.1) is 0 Å². The number of ketones is 1. The lowest BCUT2D eigenvalue weighted by molar-refractivity contribution is -0.137. The molecule has 0 aliphatic carbocycles. The van der Waals surface area contributed by atoms with E-state index in [0.29, 0.717) is 11.3 Å². The molecule has 0 fully saturated rings. The predicted molar refractivity (Wildman–Crippen MR) is 76.0 cm³/mol. The van der Waals surface area contributed by atoms with Gasteiger partial charge in [-0.2, -0.15) is 13.2 Å². The number of hydrogen-bond donors (Lipinski definition) is 0. The molecular weight excluding hydrogens is 295 g/mol. The first-order chi connectivity index (χ1) is 10.2. The Kier molecular flexibility index (Phi) is 4.21. The fourth-order valence-electron chi connectivity index (χ4n) is 2.12. The summed E-state index contributed by atoms with van der Waals surface area (Å²) in [6, 6.07) is 6.37. The van der Waals surface area contributed by atoms with Crippen LogP contribution in [0.2, 0.25) is 0 Å². The van der Waals surface area contributed by atoms with E-state index < -0.39 is 11.7 Å². The number of ether oxygens (including phenoxy) is 1. The fourth-order valence-corrected chi connectivity index (χ4v) is 2.12. The first kappa shape index (κ1) is 16.0. The molecule has 0 bridgehead atoms. The number of aryl methyl sites for hydroxylation is 1. The second-order valence-corrected chi connectivity index (χ2v) is 4.85. The molecular formula is C16H14F3NO2. The number of methoxy groups -OCH3 is 1. The van der Waals surface area contributed by atoms with E-state index in [4.69, 9.17) is 4.74 Å². The summed E-state index contributed by atoms with van der Waals surface area (Å²) < 4.78 is 44.6. The first-order valence-electron chi connectivity index (χ1n) is 6.47. The maximum absolute atomic E-state index is 13.2. The number of alkyl halides is 3. The minimum atomic E-state index is -4.52. The highest BCUT2D eigenvalue weighted by Gasteiger charge is 2.34. The number of carbonyl (C=O) groups excluding carboxylic acids is 1. The largest absolute Gasteiger partial charge is 0.497 e. The van der Waals surface area contributed by atoms with Crippen LogP contribution in [0.4, 0.5) is 13.2 Å². The van der Waals surface area contributed by atoms with Crippen LogP contribution in [-0.2, 0) is 6.18 Å². The normalized spacial score (nSPS) is 11.4. The number of rotatable bonds is 3. The molecule has 0 amide bonds. The third kappa shape index (κ3) is 3.27. The summed E-state index contributed by atoms with van der Waals surface area (Å²) in [6.07, 6.45) is -4.52. The Labute approximate surface area is 125 Å². The SMILES string of the molecule is COc1ccc(C(F)(F)F)c(-c2cc(C(C)=O)cc(C)n2)c1. The average molecular weight is 309 g/mol. The summed E-state index contributed by atoms with van der Waals surface area (Å²) >= 11 is 0. The molecule has 22 heavy (non-hydrogen) atoms. The van der Waals surface area contributed by atoms with E-state index in [9.17, 15) is 18.0 Å². The second kappa shape index (κ2) is 5.79. The van der Waals surface area contributed by atoms with Crippen LogP contribution in [0.25, 0.3) is 11.3 Å². The lowest BCUT2D eigenvalue weighted by Crippen LogP contribution is -2.08. The highest BCUT2D eigenvalue weighted by molar-refractivity contribution is 5.95. The molecule has 0 N–H and O–H groups in total. The van der Waals surface area contributed by atoms with Crippen molar-refractivity contribution in [1.82, 2.24) is 4.98 Å². The zero-order chi connectivity index (χ0) is 16.5. The number of pyridine rings is 1. The molecule has 0 saturated heterocycles. The van der Waals surface area contributed by atoms with Gasteiger partial charge in [0, 0.05) is 16.8 Å². The van der Waals surface area contributed by atoms with E-state index >= 15 is 0 Å². The number of nitrogens with zero attached hydrogens (tertiary/aromatic N) is 1. The van der Waals surface area contributed by atoms with Crippen LogP contribution >= 0.6 is 0 Å². The number of aromatic nitrogens is 1. The van der Waals surface area contributed by atoms with Gasteiger partial charge in [-0.05, 0) is 44.2 Å². The van der Waals surface area contributed by atoms with E-state index in [1.54, 1.807) is 13.0 Å². The molecule has 1 heterocycles. The molecule has 2 rings (SSSR count).